The molecule has 6 nitrogen and oxygen atoms in total. The summed E-state index contributed by atoms with van der Waals surface area (Å²) in [5.41, 5.74) is -7.79. The van der Waals surface area contributed by atoms with E-state index in [1.165, 1.54) is 17.2 Å². The van der Waals surface area contributed by atoms with E-state index in [-0.39, 0.29) is 47.2 Å². The number of fused-ring (bicyclic) bond motifs is 3. The van der Waals surface area contributed by atoms with Gasteiger partial charge in [-0.2, -0.15) is 31.4 Å². The maximum Gasteiger partial charge on any atom is 0.435 e. The second kappa shape index (κ2) is 9.01. The highest BCUT2D eigenvalue weighted by molar-refractivity contribution is 7.92. The van der Waals surface area contributed by atoms with Crippen LogP contribution < -0.4 is 0 Å². The molecule has 2 atom stereocenters. The summed E-state index contributed by atoms with van der Waals surface area (Å²) >= 11 is 0. The number of aromatic nitrogens is 2. The number of likely N-dealkylation sites (tertiary alicyclic amines) is 1. The molecule has 0 bridgehead atoms. The zero-order chi connectivity index (χ0) is 29.3. The standard InChI is InChI=1S/C25H19F8N3O3S/c26-17-4-6-18(7-5-17)40(38,39)22-13-36(21(37)20-9-10-34-35-20)12-16(22)2-1-14-11-15(3-8-19(14)22)23(27,24(28,29)30)25(31,32)33/h3-11,16H,1-2,12-13H2,(H,34,35). The van der Waals surface area contributed by atoms with Crippen molar-refractivity contribution in [2.24, 2.45) is 5.92 Å². The number of sulfone groups is 1. The molecular weight excluding hydrogens is 574 g/mol. The quantitative estimate of drug-likeness (QED) is 0.332. The molecule has 1 fully saturated rings. The molecule has 214 valence electrons. The number of nitrogens with one attached hydrogen (secondary N) is 1. The monoisotopic (exact) mass is 593 g/mol. The fraction of sp³-hybridized carbons (Fsp3) is 0.360. The number of alkyl halides is 7. The molecular formula is C25H19F8N3O3S. The molecule has 2 unspecified atom stereocenters. The molecule has 15 heteroatoms. The Balaban J connectivity index is 1.71. The Kier molecular flexibility index (Phi) is 6.32. The zero-order valence-corrected chi connectivity index (χ0v) is 21.0. The largest absolute Gasteiger partial charge is 0.435 e. The van der Waals surface area contributed by atoms with Crippen molar-refractivity contribution < 1.29 is 48.3 Å². The summed E-state index contributed by atoms with van der Waals surface area (Å²) in [6.45, 7) is -0.626. The van der Waals surface area contributed by atoms with Crippen molar-refractivity contribution in [2.45, 2.75) is 40.5 Å². The third kappa shape index (κ3) is 3.91. The van der Waals surface area contributed by atoms with Crippen LogP contribution in [0.4, 0.5) is 35.1 Å². The number of carbonyl (C=O) groups excluding carboxylic acids is 1. The smallest absolute Gasteiger partial charge is 0.335 e. The van der Waals surface area contributed by atoms with Crippen molar-refractivity contribution in [3.05, 3.63) is 82.9 Å². The van der Waals surface area contributed by atoms with Gasteiger partial charge in [-0.05, 0) is 54.3 Å². The first-order valence-electron chi connectivity index (χ1n) is 11.8. The van der Waals surface area contributed by atoms with Gasteiger partial charge < -0.3 is 4.90 Å². The van der Waals surface area contributed by atoms with Crippen LogP contribution in [0.3, 0.4) is 0 Å². The maximum absolute atomic E-state index is 14.9. The van der Waals surface area contributed by atoms with Gasteiger partial charge in [-0.1, -0.05) is 18.2 Å². The minimum Gasteiger partial charge on any atom is -0.335 e. The predicted molar refractivity (Wildman–Crippen MR) is 123 cm³/mol. The number of aryl methyl sites for hydroxylation is 1. The Morgan fingerprint density at radius 3 is 2.20 bits per heavy atom. The average Bonchev–Trinajstić information content (AvgIpc) is 3.55. The molecule has 1 amide bonds. The van der Waals surface area contributed by atoms with Gasteiger partial charge in [0.15, 0.2) is 9.84 Å². The number of rotatable bonds is 4. The molecule has 0 saturated carbocycles. The van der Waals surface area contributed by atoms with E-state index < -0.39 is 62.4 Å². The highest BCUT2D eigenvalue weighted by atomic mass is 32.2. The molecule has 0 radical (unpaired) electrons. The van der Waals surface area contributed by atoms with Crippen LogP contribution >= 0.6 is 0 Å². The Bertz CT molecular complexity index is 1540. The normalized spacial score (nSPS) is 21.7. The molecule has 2 aromatic carbocycles. The van der Waals surface area contributed by atoms with Gasteiger partial charge in [0.1, 0.15) is 16.3 Å². The fourth-order valence-corrected chi connectivity index (χ4v) is 8.10. The highest BCUT2D eigenvalue weighted by Gasteiger charge is 2.73. The van der Waals surface area contributed by atoms with E-state index in [4.69, 9.17) is 0 Å². The molecule has 1 aromatic heterocycles. The van der Waals surface area contributed by atoms with Crippen molar-refractivity contribution >= 4 is 15.7 Å². The molecule has 3 aromatic rings. The SMILES string of the molecule is O=C(c1ccn[nH]1)N1CC2CCc3cc(C(F)(C(F)(F)F)C(F)(F)F)ccc3C2(S(=O)(=O)c2ccc(F)cc2)C1. The Morgan fingerprint density at radius 1 is 0.975 bits per heavy atom. The van der Waals surface area contributed by atoms with E-state index in [1.54, 1.807) is 0 Å². The Morgan fingerprint density at radius 2 is 1.62 bits per heavy atom. The van der Waals surface area contributed by atoms with Gasteiger partial charge >= 0.3 is 18.0 Å². The number of benzene rings is 2. The van der Waals surface area contributed by atoms with Crippen molar-refractivity contribution in [2.75, 3.05) is 13.1 Å². The lowest BCUT2D eigenvalue weighted by Gasteiger charge is -2.40. The third-order valence-corrected chi connectivity index (χ3v) is 10.2. The van der Waals surface area contributed by atoms with Crippen LogP contribution in [0.5, 0.6) is 0 Å². The topological polar surface area (TPSA) is 83.1 Å². The molecule has 1 saturated heterocycles. The number of halogens is 8. The van der Waals surface area contributed by atoms with E-state index in [1.807, 2.05) is 0 Å². The first kappa shape index (κ1) is 28.1. The van der Waals surface area contributed by atoms with Gasteiger partial charge in [0.25, 0.3) is 5.91 Å². The summed E-state index contributed by atoms with van der Waals surface area (Å²) in [6.07, 6.45) is -11.6. The Hall–Kier alpha value is -3.49. The summed E-state index contributed by atoms with van der Waals surface area (Å²) in [6, 6.07) is 6.53. The van der Waals surface area contributed by atoms with Crippen LogP contribution in [0, 0.1) is 11.7 Å². The minimum atomic E-state index is -6.35. The lowest BCUT2D eigenvalue weighted by Crippen LogP contribution is -2.51. The molecule has 5 rings (SSSR count). The number of hydrogen-bond donors (Lipinski definition) is 1. The van der Waals surface area contributed by atoms with E-state index in [0.717, 1.165) is 30.3 Å². The van der Waals surface area contributed by atoms with Gasteiger partial charge in [0, 0.05) is 30.8 Å². The predicted octanol–water partition coefficient (Wildman–Crippen LogP) is 5.23. The highest BCUT2D eigenvalue weighted by Crippen LogP contribution is 2.56. The number of H-pyrrole nitrogens is 1. The van der Waals surface area contributed by atoms with E-state index >= 15 is 0 Å². The molecule has 1 N–H and O–H groups in total. The maximum atomic E-state index is 14.9. The molecule has 40 heavy (non-hydrogen) atoms. The summed E-state index contributed by atoms with van der Waals surface area (Å²) in [5, 5.41) is 6.16. The van der Waals surface area contributed by atoms with E-state index in [2.05, 4.69) is 10.2 Å². The number of nitrogens with zero attached hydrogens (tertiary/aromatic N) is 2. The van der Waals surface area contributed by atoms with Crippen LogP contribution in [-0.2, 0) is 26.7 Å². The lowest BCUT2D eigenvalue weighted by molar-refractivity contribution is -0.348. The van der Waals surface area contributed by atoms with Gasteiger partial charge in [0.05, 0.1) is 4.90 Å². The molecule has 1 aliphatic carbocycles. The third-order valence-electron chi connectivity index (χ3n) is 7.65. The van der Waals surface area contributed by atoms with Gasteiger partial charge in [-0.25, -0.2) is 17.2 Å². The first-order valence-corrected chi connectivity index (χ1v) is 13.3. The van der Waals surface area contributed by atoms with E-state index in [0.29, 0.717) is 6.07 Å². The summed E-state index contributed by atoms with van der Waals surface area (Å²) in [5.74, 6) is -2.22. The minimum absolute atomic E-state index is 0.0288. The molecule has 1 aliphatic heterocycles. The van der Waals surface area contributed by atoms with Crippen LogP contribution in [0.15, 0.2) is 59.6 Å². The number of carbonyl (C=O) groups is 1. The fourth-order valence-electron chi connectivity index (χ4n) is 5.74. The van der Waals surface area contributed by atoms with Crippen LogP contribution in [0.1, 0.15) is 33.6 Å². The second-order valence-corrected chi connectivity index (χ2v) is 12.0. The van der Waals surface area contributed by atoms with Crippen molar-refractivity contribution in [1.82, 2.24) is 15.1 Å². The second-order valence-electron chi connectivity index (χ2n) is 9.76. The van der Waals surface area contributed by atoms with Gasteiger partial charge in [-0.15, -0.1) is 0 Å². The van der Waals surface area contributed by atoms with Crippen LogP contribution in [0.2, 0.25) is 0 Å². The average molecular weight is 593 g/mol. The summed E-state index contributed by atoms with van der Waals surface area (Å²) < 4.78 is 136. The van der Waals surface area contributed by atoms with Crippen LogP contribution in [0.25, 0.3) is 0 Å². The van der Waals surface area contributed by atoms with Gasteiger partial charge in [0.2, 0.25) is 0 Å². The molecule has 2 aliphatic rings. The first-order chi connectivity index (χ1) is 18.5. The summed E-state index contributed by atoms with van der Waals surface area (Å²) in [4.78, 5) is 14.0. The lowest BCUT2D eigenvalue weighted by atomic mass is 9.75. The summed E-state index contributed by atoms with van der Waals surface area (Å²) in [7, 11) is -4.56. The van der Waals surface area contributed by atoms with Crippen molar-refractivity contribution in [1.29, 1.82) is 0 Å². The molecule has 0 spiro atoms. The van der Waals surface area contributed by atoms with Crippen LogP contribution in [-0.4, -0.2) is 54.9 Å². The van der Waals surface area contributed by atoms with Crippen molar-refractivity contribution in [3.63, 3.8) is 0 Å². The van der Waals surface area contributed by atoms with Gasteiger partial charge in [-0.3, -0.25) is 9.89 Å². The number of aromatic amines is 1. The Labute approximate surface area is 221 Å². The van der Waals surface area contributed by atoms with E-state index in [9.17, 15) is 48.3 Å². The van der Waals surface area contributed by atoms with Crippen molar-refractivity contribution in [3.8, 4) is 0 Å². The molecule has 2 heterocycles. The number of amides is 1. The number of hydrogen-bond acceptors (Lipinski definition) is 4. The zero-order valence-electron chi connectivity index (χ0n) is 20.2.